The number of amides is 2. The molecule has 2 aromatic carbocycles. The Kier molecular flexibility index (Phi) is 5.75. The average molecular weight is 384 g/mol. The molecule has 0 radical (unpaired) electrons. The van der Waals surface area contributed by atoms with E-state index in [-0.39, 0.29) is 24.4 Å². The lowest BCUT2D eigenvalue weighted by Gasteiger charge is -2.09. The summed E-state index contributed by atoms with van der Waals surface area (Å²) in [6.07, 6.45) is 1.25. The fourth-order valence-electron chi connectivity index (χ4n) is 2.56. The summed E-state index contributed by atoms with van der Waals surface area (Å²) in [6, 6.07) is 10.2. The average Bonchev–Trinajstić information content (AvgIpc) is 2.66. The predicted octanol–water partition coefficient (Wildman–Crippen LogP) is 1.76. The molecule has 0 saturated carbocycles. The van der Waals surface area contributed by atoms with Crippen molar-refractivity contribution < 1.29 is 18.7 Å². The minimum Gasteiger partial charge on any atom is -0.375 e. The van der Waals surface area contributed by atoms with Crippen molar-refractivity contribution >= 4 is 34.1 Å². The largest absolute Gasteiger partial charge is 0.375 e. The molecule has 0 aliphatic carbocycles. The van der Waals surface area contributed by atoms with Crippen LogP contribution in [0.5, 0.6) is 0 Å². The number of methoxy groups -OCH3 is 1. The molecule has 28 heavy (non-hydrogen) atoms. The highest BCUT2D eigenvalue weighted by molar-refractivity contribution is 5.93. The molecule has 0 aliphatic heterocycles. The molecular formula is C19H17FN4O4. The van der Waals surface area contributed by atoms with Crippen LogP contribution in [-0.4, -0.2) is 35.1 Å². The van der Waals surface area contributed by atoms with Crippen LogP contribution in [0.25, 0.3) is 10.9 Å². The molecule has 1 aromatic heterocycles. The zero-order chi connectivity index (χ0) is 20.1. The summed E-state index contributed by atoms with van der Waals surface area (Å²) in [5.41, 5.74) is 0.893. The Balaban J connectivity index is 1.67. The van der Waals surface area contributed by atoms with E-state index in [2.05, 4.69) is 15.6 Å². The first-order chi connectivity index (χ1) is 13.5. The van der Waals surface area contributed by atoms with Gasteiger partial charge in [-0.3, -0.25) is 19.0 Å². The molecule has 0 saturated heterocycles. The molecule has 9 heteroatoms. The number of ether oxygens (including phenoxy) is 1. The topological polar surface area (TPSA) is 102 Å². The van der Waals surface area contributed by atoms with E-state index in [0.29, 0.717) is 16.9 Å². The molecular weight excluding hydrogens is 367 g/mol. The van der Waals surface area contributed by atoms with E-state index in [9.17, 15) is 18.8 Å². The second-order valence-corrected chi connectivity index (χ2v) is 5.95. The minimum absolute atomic E-state index is 0.0586. The number of hydrogen-bond acceptors (Lipinski definition) is 5. The van der Waals surface area contributed by atoms with Crippen molar-refractivity contribution in [1.82, 2.24) is 9.55 Å². The second kappa shape index (κ2) is 8.40. The first kappa shape index (κ1) is 19.2. The van der Waals surface area contributed by atoms with Gasteiger partial charge in [-0.2, -0.15) is 0 Å². The highest BCUT2D eigenvalue weighted by Crippen LogP contribution is 2.14. The minimum atomic E-state index is -0.550. The van der Waals surface area contributed by atoms with Crippen LogP contribution in [0.4, 0.5) is 15.8 Å². The predicted molar refractivity (Wildman–Crippen MR) is 102 cm³/mol. The maximum atomic E-state index is 13.4. The van der Waals surface area contributed by atoms with Crippen LogP contribution in [-0.2, 0) is 20.9 Å². The van der Waals surface area contributed by atoms with E-state index < -0.39 is 17.3 Å². The molecule has 3 rings (SSSR count). The summed E-state index contributed by atoms with van der Waals surface area (Å²) >= 11 is 0. The van der Waals surface area contributed by atoms with Crippen LogP contribution in [0.2, 0.25) is 0 Å². The number of halogens is 1. The maximum Gasteiger partial charge on any atom is 0.261 e. The third kappa shape index (κ3) is 4.57. The van der Waals surface area contributed by atoms with Crippen LogP contribution in [0.3, 0.4) is 0 Å². The third-order valence-corrected chi connectivity index (χ3v) is 3.83. The number of fused-ring (bicyclic) bond motifs is 1. The van der Waals surface area contributed by atoms with Gasteiger partial charge in [0.25, 0.3) is 5.56 Å². The zero-order valence-corrected chi connectivity index (χ0v) is 14.9. The van der Waals surface area contributed by atoms with Gasteiger partial charge in [0.1, 0.15) is 19.0 Å². The van der Waals surface area contributed by atoms with Gasteiger partial charge in [0.15, 0.2) is 0 Å². The van der Waals surface area contributed by atoms with Crippen molar-refractivity contribution in [1.29, 1.82) is 0 Å². The van der Waals surface area contributed by atoms with Crippen LogP contribution in [0, 0.1) is 5.82 Å². The smallest absolute Gasteiger partial charge is 0.261 e. The van der Waals surface area contributed by atoms with Crippen LogP contribution in [0.15, 0.2) is 53.6 Å². The van der Waals surface area contributed by atoms with Gasteiger partial charge in [0, 0.05) is 18.5 Å². The Morgan fingerprint density at radius 2 is 1.71 bits per heavy atom. The number of benzene rings is 2. The number of rotatable bonds is 6. The Hall–Kier alpha value is -3.59. The lowest BCUT2D eigenvalue weighted by molar-refractivity contribution is -0.119. The van der Waals surface area contributed by atoms with Gasteiger partial charge in [0.05, 0.1) is 17.2 Å². The fourth-order valence-corrected chi connectivity index (χ4v) is 2.56. The molecule has 3 aromatic rings. The summed E-state index contributed by atoms with van der Waals surface area (Å²) in [6.45, 7) is -0.332. The summed E-state index contributed by atoms with van der Waals surface area (Å²) in [5.74, 6) is -1.29. The Bertz CT molecular complexity index is 1080. The maximum absolute atomic E-state index is 13.4. The van der Waals surface area contributed by atoms with Crippen molar-refractivity contribution in [3.05, 3.63) is 65.0 Å². The summed E-state index contributed by atoms with van der Waals surface area (Å²) in [5, 5.41) is 5.38. The first-order valence-corrected chi connectivity index (χ1v) is 8.29. The molecule has 0 fully saturated rings. The van der Waals surface area contributed by atoms with Crippen molar-refractivity contribution in [3.8, 4) is 0 Å². The quantitative estimate of drug-likeness (QED) is 0.674. The normalized spacial score (nSPS) is 10.6. The molecule has 0 unspecified atom stereocenters. The summed E-state index contributed by atoms with van der Waals surface area (Å²) in [4.78, 5) is 40.1. The molecule has 1 heterocycles. The van der Waals surface area contributed by atoms with E-state index in [0.717, 1.165) is 10.6 Å². The molecule has 0 atom stereocenters. The molecule has 144 valence electrons. The van der Waals surface area contributed by atoms with Gasteiger partial charge < -0.3 is 15.4 Å². The standard InChI is InChI=1S/C19H17FN4O4/c1-28-10-18(26)23-14-5-3-13(4-6-14)22-17(25)9-24-11-21-16-7-2-12(20)8-15(16)19(24)27/h2-8,11H,9-10H2,1H3,(H,22,25)(H,23,26). The lowest BCUT2D eigenvalue weighted by atomic mass is 10.2. The fraction of sp³-hybridized carbons (Fsp3) is 0.158. The van der Waals surface area contributed by atoms with Gasteiger partial charge in [-0.15, -0.1) is 0 Å². The highest BCUT2D eigenvalue weighted by Gasteiger charge is 2.10. The third-order valence-electron chi connectivity index (χ3n) is 3.83. The molecule has 0 bridgehead atoms. The van der Waals surface area contributed by atoms with E-state index in [4.69, 9.17) is 4.74 Å². The molecule has 2 N–H and O–H groups in total. The van der Waals surface area contributed by atoms with Gasteiger partial charge in [-0.25, -0.2) is 9.37 Å². The number of carbonyl (C=O) groups excluding carboxylic acids is 2. The van der Waals surface area contributed by atoms with E-state index in [1.807, 2.05) is 0 Å². The highest BCUT2D eigenvalue weighted by atomic mass is 19.1. The van der Waals surface area contributed by atoms with E-state index >= 15 is 0 Å². The Morgan fingerprint density at radius 1 is 1.07 bits per heavy atom. The number of anilines is 2. The molecule has 2 amide bonds. The summed E-state index contributed by atoms with van der Waals surface area (Å²) < 4.78 is 19.2. The van der Waals surface area contributed by atoms with Crippen LogP contribution < -0.4 is 16.2 Å². The van der Waals surface area contributed by atoms with Gasteiger partial charge >= 0.3 is 0 Å². The van der Waals surface area contributed by atoms with Gasteiger partial charge in [-0.1, -0.05) is 0 Å². The van der Waals surface area contributed by atoms with E-state index in [1.165, 1.54) is 25.6 Å². The lowest BCUT2D eigenvalue weighted by Crippen LogP contribution is -2.28. The Labute approximate surface area is 159 Å². The van der Waals surface area contributed by atoms with Gasteiger partial charge in [-0.05, 0) is 42.5 Å². The number of nitrogens with one attached hydrogen (secondary N) is 2. The van der Waals surface area contributed by atoms with E-state index in [1.54, 1.807) is 24.3 Å². The SMILES string of the molecule is COCC(=O)Nc1ccc(NC(=O)Cn2cnc3ccc(F)cc3c2=O)cc1. The molecule has 0 spiro atoms. The summed E-state index contributed by atoms with van der Waals surface area (Å²) in [7, 11) is 1.42. The number of hydrogen-bond donors (Lipinski definition) is 2. The van der Waals surface area contributed by atoms with Crippen molar-refractivity contribution in [2.45, 2.75) is 6.54 Å². The number of aromatic nitrogens is 2. The van der Waals surface area contributed by atoms with Crippen molar-refractivity contribution in [3.63, 3.8) is 0 Å². The van der Waals surface area contributed by atoms with Crippen LogP contribution in [0.1, 0.15) is 0 Å². The monoisotopic (exact) mass is 384 g/mol. The molecule has 0 aliphatic rings. The second-order valence-electron chi connectivity index (χ2n) is 5.95. The van der Waals surface area contributed by atoms with Crippen LogP contribution >= 0.6 is 0 Å². The number of carbonyl (C=O) groups is 2. The number of nitrogens with zero attached hydrogens (tertiary/aromatic N) is 2. The zero-order valence-electron chi connectivity index (χ0n) is 14.9. The van der Waals surface area contributed by atoms with Gasteiger partial charge in [0.2, 0.25) is 11.8 Å². The Morgan fingerprint density at radius 3 is 2.36 bits per heavy atom. The first-order valence-electron chi connectivity index (χ1n) is 8.29. The molecule has 8 nitrogen and oxygen atoms in total. The van der Waals surface area contributed by atoms with Crippen molar-refractivity contribution in [2.75, 3.05) is 24.4 Å². The van der Waals surface area contributed by atoms with Crippen molar-refractivity contribution in [2.24, 2.45) is 0 Å².